The van der Waals surface area contributed by atoms with Crippen LogP contribution in [0, 0.1) is 0 Å². The lowest BCUT2D eigenvalue weighted by molar-refractivity contribution is 0.355. The molecule has 0 fully saturated rings. The van der Waals surface area contributed by atoms with Crippen LogP contribution in [-0.2, 0) is 0 Å². The maximum absolute atomic E-state index is 9.51. The Balaban J connectivity index is 1.97. The highest BCUT2D eigenvalue weighted by Crippen LogP contribution is 2.35. The summed E-state index contributed by atoms with van der Waals surface area (Å²) in [5.41, 5.74) is 8.70. The highest BCUT2D eigenvalue weighted by Gasteiger charge is 2.11. The molecule has 1 aromatic heterocycles. The van der Waals surface area contributed by atoms with Gasteiger partial charge in [0, 0.05) is 16.5 Å². The van der Waals surface area contributed by atoms with Crippen molar-refractivity contribution in [1.82, 2.24) is 4.98 Å². The monoisotopic (exact) mass is 328 g/mol. The first-order valence-electron chi connectivity index (χ1n) is 6.89. The minimum Gasteiger partial charge on any atom is -0.506 e. The molecule has 3 N–H and O–H groups in total. The zero-order valence-corrected chi connectivity index (χ0v) is 13.6. The van der Waals surface area contributed by atoms with Crippen LogP contribution < -0.4 is 15.2 Å². The van der Waals surface area contributed by atoms with Gasteiger partial charge in [-0.25, -0.2) is 4.98 Å². The van der Waals surface area contributed by atoms with Crippen LogP contribution in [0.4, 0.5) is 5.69 Å². The second-order valence-corrected chi connectivity index (χ2v) is 5.74. The van der Waals surface area contributed by atoms with Gasteiger partial charge >= 0.3 is 0 Å². The minimum absolute atomic E-state index is 0.0732. The molecular formula is C17H16N2O3S. The molecular weight excluding hydrogens is 312 g/mol. The molecule has 6 heteroatoms. The summed E-state index contributed by atoms with van der Waals surface area (Å²) in [5, 5.41) is 12.3. The molecule has 5 nitrogen and oxygen atoms in total. The van der Waals surface area contributed by atoms with E-state index in [1.165, 1.54) is 11.3 Å². The number of methoxy groups -OCH3 is 2. The van der Waals surface area contributed by atoms with Gasteiger partial charge in [0.25, 0.3) is 0 Å². The first-order valence-corrected chi connectivity index (χ1v) is 7.77. The Labute approximate surface area is 137 Å². The van der Waals surface area contributed by atoms with Gasteiger partial charge in [0.05, 0.1) is 25.6 Å². The average Bonchev–Trinajstić information content (AvgIpc) is 3.06. The molecule has 3 aromatic rings. The SMILES string of the molecule is COc1ccc(-c2nc(-c3ccc(O)c(N)c3)cs2)cc1OC. The van der Waals surface area contributed by atoms with Crippen LogP contribution in [0.2, 0.25) is 0 Å². The predicted octanol–water partition coefficient (Wildman–Crippen LogP) is 3.78. The summed E-state index contributed by atoms with van der Waals surface area (Å²) in [7, 11) is 3.21. The van der Waals surface area contributed by atoms with Crippen molar-refractivity contribution in [3.05, 3.63) is 41.8 Å². The number of nitrogens with two attached hydrogens (primary N) is 1. The number of ether oxygens (including phenoxy) is 2. The molecule has 0 bridgehead atoms. The summed E-state index contributed by atoms with van der Waals surface area (Å²) in [5.74, 6) is 1.42. The Morgan fingerprint density at radius 2 is 1.74 bits per heavy atom. The molecule has 3 rings (SSSR count). The van der Waals surface area contributed by atoms with Crippen molar-refractivity contribution in [3.8, 4) is 39.1 Å². The fraction of sp³-hybridized carbons (Fsp3) is 0.118. The Kier molecular flexibility index (Phi) is 4.08. The van der Waals surface area contributed by atoms with Crippen molar-refractivity contribution in [3.63, 3.8) is 0 Å². The lowest BCUT2D eigenvalue weighted by atomic mass is 10.1. The first kappa shape index (κ1) is 15.2. The van der Waals surface area contributed by atoms with Gasteiger partial charge < -0.3 is 20.3 Å². The number of benzene rings is 2. The van der Waals surface area contributed by atoms with Crippen LogP contribution in [0.3, 0.4) is 0 Å². The molecule has 0 aliphatic carbocycles. The lowest BCUT2D eigenvalue weighted by Gasteiger charge is -2.08. The van der Waals surface area contributed by atoms with Crippen LogP contribution in [0.5, 0.6) is 17.2 Å². The molecule has 2 aromatic carbocycles. The second kappa shape index (κ2) is 6.18. The van der Waals surface area contributed by atoms with Gasteiger partial charge in [0.15, 0.2) is 11.5 Å². The van der Waals surface area contributed by atoms with E-state index in [9.17, 15) is 5.11 Å². The molecule has 1 heterocycles. The zero-order valence-electron chi connectivity index (χ0n) is 12.7. The number of nitrogens with zero attached hydrogens (tertiary/aromatic N) is 1. The molecule has 0 atom stereocenters. The number of phenols is 1. The zero-order chi connectivity index (χ0) is 16.4. The number of phenolic OH excluding ortho intramolecular Hbond substituents is 1. The standard InChI is InChI=1S/C17H16N2O3S/c1-21-15-6-4-11(8-16(15)22-2)17-19-13(9-23-17)10-3-5-14(20)12(18)7-10/h3-9,20H,18H2,1-2H3. The Morgan fingerprint density at radius 3 is 2.43 bits per heavy atom. The second-order valence-electron chi connectivity index (χ2n) is 4.88. The maximum Gasteiger partial charge on any atom is 0.161 e. The number of aromatic hydroxyl groups is 1. The number of hydrogen-bond donors (Lipinski definition) is 2. The van der Waals surface area contributed by atoms with E-state index in [4.69, 9.17) is 15.2 Å². The quantitative estimate of drug-likeness (QED) is 0.563. The van der Waals surface area contributed by atoms with E-state index >= 15 is 0 Å². The van der Waals surface area contributed by atoms with Gasteiger partial charge in [-0.05, 0) is 36.4 Å². The molecule has 118 valence electrons. The van der Waals surface area contributed by atoms with E-state index in [2.05, 4.69) is 4.98 Å². The number of thiazole rings is 1. The van der Waals surface area contributed by atoms with Crippen LogP contribution >= 0.6 is 11.3 Å². The van der Waals surface area contributed by atoms with Crippen LogP contribution in [-0.4, -0.2) is 24.3 Å². The third-order valence-corrected chi connectivity index (χ3v) is 4.35. The van der Waals surface area contributed by atoms with E-state index in [-0.39, 0.29) is 5.75 Å². The Hall–Kier alpha value is -2.73. The topological polar surface area (TPSA) is 77.6 Å². The number of aromatic nitrogens is 1. The number of rotatable bonds is 4. The molecule has 23 heavy (non-hydrogen) atoms. The van der Waals surface area contributed by atoms with Gasteiger partial charge in [-0.2, -0.15) is 0 Å². The molecule has 0 saturated carbocycles. The molecule has 0 radical (unpaired) electrons. The smallest absolute Gasteiger partial charge is 0.161 e. The number of anilines is 1. The fourth-order valence-electron chi connectivity index (χ4n) is 2.22. The van der Waals surface area contributed by atoms with Gasteiger partial charge in [-0.15, -0.1) is 11.3 Å². The van der Waals surface area contributed by atoms with Gasteiger partial charge in [-0.1, -0.05) is 0 Å². The molecule has 0 aliphatic heterocycles. The number of hydrogen-bond acceptors (Lipinski definition) is 6. The number of nitrogen functional groups attached to an aromatic ring is 1. The van der Waals surface area contributed by atoms with Crippen molar-refractivity contribution in [2.24, 2.45) is 0 Å². The summed E-state index contributed by atoms with van der Waals surface area (Å²) in [6, 6.07) is 10.8. The lowest BCUT2D eigenvalue weighted by Crippen LogP contribution is -1.90. The van der Waals surface area contributed by atoms with Crippen LogP contribution in [0.1, 0.15) is 0 Å². The summed E-state index contributed by atoms with van der Waals surface area (Å²) >= 11 is 1.53. The highest BCUT2D eigenvalue weighted by molar-refractivity contribution is 7.13. The van der Waals surface area contributed by atoms with Crippen molar-refractivity contribution < 1.29 is 14.6 Å². The van der Waals surface area contributed by atoms with E-state index in [0.717, 1.165) is 21.8 Å². The van der Waals surface area contributed by atoms with Crippen molar-refractivity contribution in [1.29, 1.82) is 0 Å². The molecule has 0 spiro atoms. The normalized spacial score (nSPS) is 10.5. The highest BCUT2D eigenvalue weighted by atomic mass is 32.1. The summed E-state index contributed by atoms with van der Waals surface area (Å²) in [6.07, 6.45) is 0. The van der Waals surface area contributed by atoms with Gasteiger partial charge in [0.1, 0.15) is 10.8 Å². The molecule has 0 saturated heterocycles. The minimum atomic E-state index is 0.0732. The van der Waals surface area contributed by atoms with E-state index < -0.39 is 0 Å². The van der Waals surface area contributed by atoms with Crippen molar-refractivity contribution in [2.45, 2.75) is 0 Å². The Bertz CT molecular complexity index is 846. The summed E-state index contributed by atoms with van der Waals surface area (Å²) < 4.78 is 10.6. The average molecular weight is 328 g/mol. The van der Waals surface area contributed by atoms with E-state index in [1.807, 2.05) is 23.6 Å². The van der Waals surface area contributed by atoms with E-state index in [1.54, 1.807) is 32.4 Å². The largest absolute Gasteiger partial charge is 0.506 e. The van der Waals surface area contributed by atoms with Gasteiger partial charge in [-0.3, -0.25) is 0 Å². The first-order chi connectivity index (χ1) is 11.1. The molecule has 0 aliphatic rings. The Morgan fingerprint density at radius 1 is 1.00 bits per heavy atom. The predicted molar refractivity (Wildman–Crippen MR) is 92.2 cm³/mol. The fourth-order valence-corrected chi connectivity index (χ4v) is 3.05. The van der Waals surface area contributed by atoms with Gasteiger partial charge in [0.2, 0.25) is 0 Å². The molecule has 0 unspecified atom stereocenters. The van der Waals surface area contributed by atoms with Crippen LogP contribution in [0.15, 0.2) is 41.8 Å². The van der Waals surface area contributed by atoms with Crippen molar-refractivity contribution >= 4 is 17.0 Å². The third kappa shape index (κ3) is 2.93. The van der Waals surface area contributed by atoms with E-state index in [0.29, 0.717) is 17.2 Å². The summed E-state index contributed by atoms with van der Waals surface area (Å²) in [6.45, 7) is 0. The van der Waals surface area contributed by atoms with Crippen molar-refractivity contribution in [2.75, 3.05) is 20.0 Å². The van der Waals surface area contributed by atoms with Crippen LogP contribution in [0.25, 0.3) is 21.8 Å². The molecule has 0 amide bonds. The maximum atomic E-state index is 9.51. The summed E-state index contributed by atoms with van der Waals surface area (Å²) in [4.78, 5) is 4.64. The third-order valence-electron chi connectivity index (χ3n) is 3.46.